The van der Waals surface area contributed by atoms with Crippen LogP contribution in [0.5, 0.6) is 0 Å². The highest BCUT2D eigenvalue weighted by atomic mass is 16.1. The normalized spacial score (nSPS) is 23.0. The average Bonchev–Trinajstić information content (AvgIpc) is 2.46. The summed E-state index contributed by atoms with van der Waals surface area (Å²) in [4.78, 5) is 25.8. The summed E-state index contributed by atoms with van der Waals surface area (Å²) in [5, 5.41) is 7.61. The van der Waals surface area contributed by atoms with Crippen molar-refractivity contribution in [3.8, 4) is 0 Å². The van der Waals surface area contributed by atoms with Crippen LogP contribution in [-0.2, 0) is 16.8 Å². The molecular formula is C18H28N4O2. The van der Waals surface area contributed by atoms with Crippen molar-refractivity contribution >= 4 is 5.91 Å². The van der Waals surface area contributed by atoms with E-state index in [0.717, 1.165) is 38.2 Å². The lowest BCUT2D eigenvalue weighted by molar-refractivity contribution is -0.123. The van der Waals surface area contributed by atoms with E-state index in [1.807, 2.05) is 6.07 Å². The van der Waals surface area contributed by atoms with Gasteiger partial charge < -0.3 is 10.2 Å². The van der Waals surface area contributed by atoms with Gasteiger partial charge in [-0.25, -0.2) is 4.68 Å². The highest BCUT2D eigenvalue weighted by Gasteiger charge is 2.30. The van der Waals surface area contributed by atoms with Crippen molar-refractivity contribution in [3.63, 3.8) is 0 Å². The Kier molecular flexibility index (Phi) is 4.76. The predicted octanol–water partition coefficient (Wildman–Crippen LogP) is 1.14. The standard InChI is InChI=1S/C18H28N4O2/c1-18(2,3)15-7-8-17(24)22(20-15)11-13-9-21(10-13)12-14-5-4-6-16(23)19-14/h7-8,13-14H,4-6,9-12H2,1-3H3,(H,19,23). The second-order valence-corrected chi connectivity index (χ2v) is 8.23. The van der Waals surface area contributed by atoms with Gasteiger partial charge in [0, 0.05) is 49.5 Å². The van der Waals surface area contributed by atoms with Crippen LogP contribution in [-0.4, -0.2) is 46.3 Å². The summed E-state index contributed by atoms with van der Waals surface area (Å²) in [5.41, 5.74) is 0.865. The van der Waals surface area contributed by atoms with Crippen LogP contribution in [0.2, 0.25) is 0 Å². The number of rotatable bonds is 4. The molecule has 24 heavy (non-hydrogen) atoms. The fourth-order valence-corrected chi connectivity index (χ4v) is 3.50. The molecule has 1 amide bonds. The van der Waals surface area contributed by atoms with Crippen molar-refractivity contribution in [2.24, 2.45) is 5.92 Å². The Labute approximate surface area is 143 Å². The average molecular weight is 332 g/mol. The van der Waals surface area contributed by atoms with E-state index in [4.69, 9.17) is 0 Å². The van der Waals surface area contributed by atoms with Gasteiger partial charge >= 0.3 is 0 Å². The molecule has 3 rings (SSSR count). The van der Waals surface area contributed by atoms with Crippen molar-refractivity contribution in [3.05, 3.63) is 28.2 Å². The summed E-state index contributed by atoms with van der Waals surface area (Å²) >= 11 is 0. The topological polar surface area (TPSA) is 67.2 Å². The van der Waals surface area contributed by atoms with Crippen molar-refractivity contribution in [1.29, 1.82) is 0 Å². The Morgan fingerprint density at radius 2 is 1.96 bits per heavy atom. The number of hydrogen-bond acceptors (Lipinski definition) is 4. The van der Waals surface area contributed by atoms with Gasteiger partial charge in [-0.1, -0.05) is 20.8 Å². The maximum Gasteiger partial charge on any atom is 0.266 e. The van der Waals surface area contributed by atoms with E-state index in [1.54, 1.807) is 10.7 Å². The Morgan fingerprint density at radius 1 is 1.21 bits per heavy atom. The molecule has 2 aliphatic rings. The molecule has 1 aromatic rings. The van der Waals surface area contributed by atoms with Gasteiger partial charge in [-0.3, -0.25) is 9.59 Å². The number of nitrogens with zero attached hydrogens (tertiary/aromatic N) is 3. The van der Waals surface area contributed by atoms with Crippen LogP contribution in [0.1, 0.15) is 45.7 Å². The number of amides is 1. The van der Waals surface area contributed by atoms with Crippen molar-refractivity contribution in [2.45, 2.75) is 58.0 Å². The smallest absolute Gasteiger partial charge is 0.266 e. The van der Waals surface area contributed by atoms with Gasteiger partial charge in [-0.05, 0) is 18.9 Å². The van der Waals surface area contributed by atoms with Crippen LogP contribution < -0.4 is 10.9 Å². The van der Waals surface area contributed by atoms with E-state index < -0.39 is 0 Å². The van der Waals surface area contributed by atoms with Crippen LogP contribution in [0.3, 0.4) is 0 Å². The summed E-state index contributed by atoms with van der Waals surface area (Å²) in [6.07, 6.45) is 2.73. The van der Waals surface area contributed by atoms with E-state index >= 15 is 0 Å². The molecule has 1 aromatic heterocycles. The summed E-state index contributed by atoms with van der Waals surface area (Å²) in [6.45, 7) is 9.86. The van der Waals surface area contributed by atoms with E-state index in [9.17, 15) is 9.59 Å². The lowest BCUT2D eigenvalue weighted by Crippen LogP contribution is -2.55. The lowest BCUT2D eigenvalue weighted by Gasteiger charge is -2.41. The third-order valence-corrected chi connectivity index (χ3v) is 4.90. The van der Waals surface area contributed by atoms with Gasteiger partial charge in [-0.2, -0.15) is 5.10 Å². The molecular weight excluding hydrogens is 304 g/mol. The Hall–Kier alpha value is -1.69. The molecule has 1 atom stereocenters. The molecule has 1 N–H and O–H groups in total. The minimum absolute atomic E-state index is 0.0269. The highest BCUT2D eigenvalue weighted by molar-refractivity contribution is 5.76. The first-order valence-corrected chi connectivity index (χ1v) is 8.91. The van der Waals surface area contributed by atoms with Gasteiger partial charge in [0.1, 0.15) is 0 Å². The largest absolute Gasteiger partial charge is 0.352 e. The number of piperidine rings is 1. The Bertz CT molecular complexity index is 656. The van der Waals surface area contributed by atoms with Gasteiger partial charge in [0.25, 0.3) is 5.56 Å². The fourth-order valence-electron chi connectivity index (χ4n) is 3.50. The van der Waals surface area contributed by atoms with Crippen LogP contribution in [0.25, 0.3) is 0 Å². The molecule has 0 spiro atoms. The SMILES string of the molecule is CC(C)(C)c1ccc(=O)n(CC2CN(CC3CCCC(=O)N3)C2)n1. The molecule has 2 saturated heterocycles. The van der Waals surface area contributed by atoms with E-state index in [0.29, 0.717) is 18.9 Å². The van der Waals surface area contributed by atoms with Crippen LogP contribution >= 0.6 is 0 Å². The molecule has 6 heteroatoms. The molecule has 0 aromatic carbocycles. The van der Waals surface area contributed by atoms with Gasteiger partial charge in [0.05, 0.1) is 12.2 Å². The zero-order valence-electron chi connectivity index (χ0n) is 14.9. The quantitative estimate of drug-likeness (QED) is 0.898. The van der Waals surface area contributed by atoms with Gasteiger partial charge in [0.15, 0.2) is 0 Å². The fraction of sp³-hybridized carbons (Fsp3) is 0.722. The number of likely N-dealkylation sites (tertiary alicyclic amines) is 1. The monoisotopic (exact) mass is 332 g/mol. The first-order chi connectivity index (χ1) is 11.3. The van der Waals surface area contributed by atoms with Crippen molar-refractivity contribution < 1.29 is 4.79 Å². The molecule has 132 valence electrons. The Balaban J connectivity index is 1.52. The first kappa shape index (κ1) is 17.1. The second-order valence-electron chi connectivity index (χ2n) is 8.23. The highest BCUT2D eigenvalue weighted by Crippen LogP contribution is 2.21. The summed E-state index contributed by atoms with van der Waals surface area (Å²) in [5.74, 6) is 0.641. The van der Waals surface area contributed by atoms with E-state index in [1.165, 1.54) is 0 Å². The third kappa shape index (κ3) is 4.04. The minimum atomic E-state index is -0.0553. The summed E-state index contributed by atoms with van der Waals surface area (Å²) < 4.78 is 1.62. The maximum absolute atomic E-state index is 12.0. The molecule has 0 aliphatic carbocycles. The van der Waals surface area contributed by atoms with Crippen molar-refractivity contribution in [2.75, 3.05) is 19.6 Å². The van der Waals surface area contributed by atoms with Crippen LogP contribution in [0.4, 0.5) is 0 Å². The number of carbonyl (C=O) groups is 1. The molecule has 1 unspecified atom stereocenters. The number of hydrogen-bond donors (Lipinski definition) is 1. The summed E-state index contributed by atoms with van der Waals surface area (Å²) in [7, 11) is 0. The zero-order valence-corrected chi connectivity index (χ0v) is 14.9. The zero-order chi connectivity index (χ0) is 17.3. The molecule has 2 fully saturated rings. The second kappa shape index (κ2) is 6.67. The van der Waals surface area contributed by atoms with Crippen molar-refractivity contribution in [1.82, 2.24) is 20.0 Å². The maximum atomic E-state index is 12.0. The molecule has 0 radical (unpaired) electrons. The van der Waals surface area contributed by atoms with Crippen LogP contribution in [0, 0.1) is 5.92 Å². The third-order valence-electron chi connectivity index (χ3n) is 4.90. The molecule has 3 heterocycles. The summed E-state index contributed by atoms with van der Waals surface area (Å²) in [6, 6.07) is 3.75. The van der Waals surface area contributed by atoms with Gasteiger partial charge in [-0.15, -0.1) is 0 Å². The number of aromatic nitrogens is 2. The van der Waals surface area contributed by atoms with E-state index in [2.05, 4.69) is 36.1 Å². The molecule has 0 bridgehead atoms. The molecule has 0 saturated carbocycles. The lowest BCUT2D eigenvalue weighted by atomic mass is 9.92. The minimum Gasteiger partial charge on any atom is -0.352 e. The first-order valence-electron chi connectivity index (χ1n) is 8.91. The number of carbonyl (C=O) groups excluding carboxylic acids is 1. The Morgan fingerprint density at radius 3 is 2.62 bits per heavy atom. The molecule has 2 aliphatic heterocycles. The van der Waals surface area contributed by atoms with E-state index in [-0.39, 0.29) is 22.9 Å². The molecule has 6 nitrogen and oxygen atoms in total. The predicted molar refractivity (Wildman–Crippen MR) is 92.9 cm³/mol. The van der Waals surface area contributed by atoms with Gasteiger partial charge in [0.2, 0.25) is 5.91 Å². The number of nitrogens with one attached hydrogen (secondary N) is 1. The van der Waals surface area contributed by atoms with Crippen LogP contribution in [0.15, 0.2) is 16.9 Å².